The van der Waals surface area contributed by atoms with Crippen molar-refractivity contribution in [2.75, 3.05) is 0 Å². The highest BCUT2D eigenvalue weighted by molar-refractivity contribution is 9.10. The number of rotatable bonds is 0. The number of pyridine rings is 1. The highest BCUT2D eigenvalue weighted by Crippen LogP contribution is 2.35. The average Bonchev–Trinajstić information content (AvgIpc) is 2.50. The lowest BCUT2D eigenvalue weighted by Gasteiger charge is -2.08. The molecule has 2 heterocycles. The summed E-state index contributed by atoms with van der Waals surface area (Å²) in [7, 11) is 0. The number of aromatic nitrogens is 3. The SMILES string of the molecule is FC(F)(F)c1ccn2ncnc2c1Br. The van der Waals surface area contributed by atoms with Crippen LogP contribution in [-0.4, -0.2) is 14.6 Å². The van der Waals surface area contributed by atoms with Gasteiger partial charge in [0, 0.05) is 6.20 Å². The second-order valence-corrected chi connectivity index (χ2v) is 3.36. The summed E-state index contributed by atoms with van der Waals surface area (Å²) in [5, 5.41) is 3.71. The second kappa shape index (κ2) is 2.94. The fourth-order valence-corrected chi connectivity index (χ4v) is 1.72. The predicted molar refractivity (Wildman–Crippen MR) is 45.7 cm³/mol. The van der Waals surface area contributed by atoms with Crippen LogP contribution in [0.25, 0.3) is 5.65 Å². The lowest BCUT2D eigenvalue weighted by atomic mass is 10.2. The van der Waals surface area contributed by atoms with Gasteiger partial charge in [0.15, 0.2) is 5.65 Å². The molecule has 0 aliphatic rings. The van der Waals surface area contributed by atoms with Gasteiger partial charge in [-0.15, -0.1) is 0 Å². The highest BCUT2D eigenvalue weighted by Gasteiger charge is 2.34. The maximum atomic E-state index is 12.4. The van der Waals surface area contributed by atoms with E-state index >= 15 is 0 Å². The molecule has 0 radical (unpaired) electrons. The summed E-state index contributed by atoms with van der Waals surface area (Å²) in [6.07, 6.45) is -1.97. The minimum Gasteiger partial charge on any atom is -0.220 e. The van der Waals surface area contributed by atoms with Gasteiger partial charge in [-0.25, -0.2) is 9.50 Å². The normalized spacial score (nSPS) is 12.3. The Morgan fingerprint density at radius 3 is 2.71 bits per heavy atom. The lowest BCUT2D eigenvalue weighted by Crippen LogP contribution is -2.07. The van der Waals surface area contributed by atoms with Crippen LogP contribution in [0, 0.1) is 0 Å². The van der Waals surface area contributed by atoms with Gasteiger partial charge in [0.1, 0.15) is 6.33 Å². The molecule has 14 heavy (non-hydrogen) atoms. The molecule has 3 nitrogen and oxygen atoms in total. The van der Waals surface area contributed by atoms with Crippen LogP contribution >= 0.6 is 15.9 Å². The van der Waals surface area contributed by atoms with Crippen molar-refractivity contribution >= 4 is 21.6 Å². The van der Waals surface area contributed by atoms with Crippen molar-refractivity contribution in [2.45, 2.75) is 6.18 Å². The Morgan fingerprint density at radius 2 is 2.07 bits per heavy atom. The maximum absolute atomic E-state index is 12.4. The summed E-state index contributed by atoms with van der Waals surface area (Å²) in [6, 6.07) is 0.950. The van der Waals surface area contributed by atoms with Gasteiger partial charge in [-0.2, -0.15) is 18.3 Å². The van der Waals surface area contributed by atoms with Crippen LogP contribution in [0.4, 0.5) is 13.2 Å². The molecule has 7 heteroatoms. The first-order valence-electron chi connectivity index (χ1n) is 3.55. The molecule has 2 aromatic rings. The summed E-state index contributed by atoms with van der Waals surface area (Å²) >= 11 is 2.85. The van der Waals surface area contributed by atoms with Crippen LogP contribution in [0.1, 0.15) is 5.56 Å². The van der Waals surface area contributed by atoms with E-state index < -0.39 is 11.7 Å². The van der Waals surface area contributed by atoms with E-state index in [-0.39, 0.29) is 10.1 Å². The van der Waals surface area contributed by atoms with Crippen LogP contribution < -0.4 is 0 Å². The number of halogens is 4. The van der Waals surface area contributed by atoms with E-state index in [0.29, 0.717) is 0 Å². The van der Waals surface area contributed by atoms with Gasteiger partial charge < -0.3 is 0 Å². The minimum atomic E-state index is -4.38. The van der Waals surface area contributed by atoms with Gasteiger partial charge in [0.2, 0.25) is 0 Å². The van der Waals surface area contributed by atoms with Gasteiger partial charge in [-0.3, -0.25) is 0 Å². The van der Waals surface area contributed by atoms with Gasteiger partial charge >= 0.3 is 6.18 Å². The van der Waals surface area contributed by atoms with Crippen LogP contribution in [0.2, 0.25) is 0 Å². The smallest absolute Gasteiger partial charge is 0.220 e. The molecule has 0 bridgehead atoms. The van der Waals surface area contributed by atoms with E-state index in [0.717, 1.165) is 6.07 Å². The zero-order valence-corrected chi connectivity index (χ0v) is 8.17. The molecule has 0 fully saturated rings. The summed E-state index contributed by atoms with van der Waals surface area (Å²) in [6.45, 7) is 0. The molecule has 0 aliphatic heterocycles. The number of hydrogen-bond donors (Lipinski definition) is 0. The van der Waals surface area contributed by atoms with Crippen molar-refractivity contribution in [1.82, 2.24) is 14.6 Å². The summed E-state index contributed by atoms with van der Waals surface area (Å²) in [5.74, 6) is 0. The molecular formula is C7H3BrF3N3. The third-order valence-electron chi connectivity index (χ3n) is 1.69. The number of nitrogens with zero attached hydrogens (tertiary/aromatic N) is 3. The molecule has 2 rings (SSSR count). The molecule has 2 aromatic heterocycles. The van der Waals surface area contributed by atoms with E-state index in [1.165, 1.54) is 17.0 Å². The van der Waals surface area contributed by atoms with Gasteiger partial charge in [-0.05, 0) is 22.0 Å². The molecule has 0 saturated heterocycles. The van der Waals surface area contributed by atoms with Gasteiger partial charge in [0.05, 0.1) is 10.0 Å². The summed E-state index contributed by atoms with van der Waals surface area (Å²) in [5.41, 5.74) is -0.599. The monoisotopic (exact) mass is 265 g/mol. The Labute approximate surface area is 84.7 Å². The van der Waals surface area contributed by atoms with Crippen molar-refractivity contribution in [1.29, 1.82) is 0 Å². The molecular weight excluding hydrogens is 263 g/mol. The average molecular weight is 266 g/mol. The topological polar surface area (TPSA) is 30.2 Å². The molecule has 0 amide bonds. The molecule has 0 unspecified atom stereocenters. The molecule has 0 atom stereocenters. The summed E-state index contributed by atoms with van der Waals surface area (Å²) in [4.78, 5) is 3.70. The third kappa shape index (κ3) is 1.37. The van der Waals surface area contributed by atoms with Crippen LogP contribution in [-0.2, 0) is 6.18 Å². The Balaban J connectivity index is 2.74. The molecule has 0 spiro atoms. The fourth-order valence-electron chi connectivity index (χ4n) is 1.07. The number of alkyl halides is 3. The Bertz CT molecular complexity index is 476. The minimum absolute atomic E-state index is 0.0926. The van der Waals surface area contributed by atoms with Crippen molar-refractivity contribution in [3.63, 3.8) is 0 Å². The first-order chi connectivity index (χ1) is 6.50. The first-order valence-corrected chi connectivity index (χ1v) is 4.34. The number of hydrogen-bond acceptors (Lipinski definition) is 2. The standard InChI is InChI=1S/C7H3BrF3N3/c8-5-4(7(9,10)11)1-2-14-6(5)12-3-13-14/h1-3H. The summed E-state index contributed by atoms with van der Waals surface area (Å²) < 4.78 is 38.4. The Morgan fingerprint density at radius 1 is 1.36 bits per heavy atom. The zero-order chi connectivity index (χ0) is 10.3. The van der Waals surface area contributed by atoms with E-state index in [9.17, 15) is 13.2 Å². The van der Waals surface area contributed by atoms with E-state index in [2.05, 4.69) is 26.0 Å². The highest BCUT2D eigenvalue weighted by atomic mass is 79.9. The first kappa shape index (κ1) is 9.45. The van der Waals surface area contributed by atoms with E-state index in [4.69, 9.17) is 0 Å². The lowest BCUT2D eigenvalue weighted by molar-refractivity contribution is -0.138. The van der Waals surface area contributed by atoms with Gasteiger partial charge in [-0.1, -0.05) is 0 Å². The Hall–Kier alpha value is -1.11. The van der Waals surface area contributed by atoms with Crippen molar-refractivity contribution in [3.8, 4) is 0 Å². The van der Waals surface area contributed by atoms with Crippen LogP contribution in [0.3, 0.4) is 0 Å². The van der Waals surface area contributed by atoms with Crippen LogP contribution in [0.5, 0.6) is 0 Å². The van der Waals surface area contributed by atoms with Crippen LogP contribution in [0.15, 0.2) is 23.1 Å². The molecule has 0 N–H and O–H groups in total. The maximum Gasteiger partial charge on any atom is 0.417 e. The molecule has 0 saturated carbocycles. The third-order valence-corrected chi connectivity index (χ3v) is 2.48. The largest absolute Gasteiger partial charge is 0.417 e. The zero-order valence-electron chi connectivity index (χ0n) is 6.59. The van der Waals surface area contributed by atoms with Gasteiger partial charge in [0.25, 0.3) is 0 Å². The van der Waals surface area contributed by atoms with E-state index in [1.807, 2.05) is 0 Å². The quantitative estimate of drug-likeness (QED) is 0.733. The van der Waals surface area contributed by atoms with Crippen molar-refractivity contribution in [3.05, 3.63) is 28.6 Å². The molecule has 0 aromatic carbocycles. The Kier molecular flexibility index (Phi) is 1.99. The van der Waals surface area contributed by atoms with E-state index in [1.54, 1.807) is 0 Å². The second-order valence-electron chi connectivity index (χ2n) is 2.57. The fraction of sp³-hybridized carbons (Fsp3) is 0.143. The van der Waals surface area contributed by atoms with Crippen molar-refractivity contribution in [2.24, 2.45) is 0 Å². The van der Waals surface area contributed by atoms with Crippen molar-refractivity contribution < 1.29 is 13.2 Å². The predicted octanol–water partition coefficient (Wildman–Crippen LogP) is 2.51. The molecule has 74 valence electrons. The number of fused-ring (bicyclic) bond motifs is 1. The molecule has 0 aliphatic carbocycles.